The van der Waals surface area contributed by atoms with Gasteiger partial charge in [0.05, 0.1) is 12.2 Å². The summed E-state index contributed by atoms with van der Waals surface area (Å²) in [7, 11) is 1.95. The highest BCUT2D eigenvalue weighted by Crippen LogP contribution is 2.32. The molecule has 6 nitrogen and oxygen atoms in total. The number of carbonyl (C=O) groups is 1. The summed E-state index contributed by atoms with van der Waals surface area (Å²) in [6, 6.07) is 5.33. The number of aryl methyl sites for hydroxylation is 1. The molecule has 2 heterocycles. The van der Waals surface area contributed by atoms with E-state index in [1.54, 1.807) is 18.2 Å². The first-order valence-electron chi connectivity index (χ1n) is 7.93. The molecule has 0 bridgehead atoms. The highest BCUT2D eigenvalue weighted by Gasteiger charge is 2.25. The molecule has 1 aromatic carbocycles. The van der Waals surface area contributed by atoms with Crippen molar-refractivity contribution in [1.29, 1.82) is 0 Å². The Balaban J connectivity index is 1.54. The fourth-order valence-electron chi connectivity index (χ4n) is 3.28. The van der Waals surface area contributed by atoms with Gasteiger partial charge in [-0.1, -0.05) is 0 Å². The number of ether oxygens (including phenoxy) is 2. The van der Waals surface area contributed by atoms with Gasteiger partial charge in [0, 0.05) is 23.9 Å². The second kappa shape index (κ2) is 5.61. The molecular formula is C17H19N3O3. The topological polar surface area (TPSA) is 65.4 Å². The lowest BCUT2D eigenvalue weighted by molar-refractivity contribution is 0.0931. The van der Waals surface area contributed by atoms with Crippen molar-refractivity contribution < 1.29 is 14.3 Å². The lowest BCUT2D eigenvalue weighted by atomic mass is 9.92. The van der Waals surface area contributed by atoms with Gasteiger partial charge in [-0.05, 0) is 37.5 Å². The summed E-state index contributed by atoms with van der Waals surface area (Å²) in [5, 5.41) is 7.44. The number of aromatic nitrogens is 2. The van der Waals surface area contributed by atoms with E-state index in [2.05, 4.69) is 10.4 Å². The van der Waals surface area contributed by atoms with Crippen molar-refractivity contribution in [3.63, 3.8) is 0 Å². The van der Waals surface area contributed by atoms with Gasteiger partial charge in [-0.25, -0.2) is 0 Å². The molecule has 4 rings (SSSR count). The summed E-state index contributed by atoms with van der Waals surface area (Å²) < 4.78 is 12.9. The molecule has 2 aromatic rings. The van der Waals surface area contributed by atoms with Gasteiger partial charge in [0.25, 0.3) is 5.91 Å². The minimum atomic E-state index is -0.0938. The van der Waals surface area contributed by atoms with Crippen LogP contribution >= 0.6 is 0 Å². The third-order valence-electron chi connectivity index (χ3n) is 4.49. The van der Waals surface area contributed by atoms with E-state index in [0.29, 0.717) is 30.3 Å². The molecule has 0 saturated carbocycles. The summed E-state index contributed by atoms with van der Waals surface area (Å²) in [5.41, 5.74) is 2.93. The first-order chi connectivity index (χ1) is 11.2. The van der Waals surface area contributed by atoms with Crippen LogP contribution in [0.3, 0.4) is 0 Å². The van der Waals surface area contributed by atoms with Gasteiger partial charge in [-0.2, -0.15) is 5.10 Å². The van der Waals surface area contributed by atoms with Crippen molar-refractivity contribution in [2.24, 2.45) is 7.05 Å². The predicted octanol–water partition coefficient (Wildman–Crippen LogP) is 2.00. The van der Waals surface area contributed by atoms with E-state index in [4.69, 9.17) is 9.47 Å². The molecule has 1 aliphatic heterocycles. The van der Waals surface area contributed by atoms with Gasteiger partial charge >= 0.3 is 0 Å². The normalized spacial score (nSPS) is 19.1. The highest BCUT2D eigenvalue weighted by atomic mass is 16.6. The van der Waals surface area contributed by atoms with Gasteiger partial charge in [0.2, 0.25) is 0 Å². The van der Waals surface area contributed by atoms with Crippen LogP contribution in [0.5, 0.6) is 11.5 Å². The number of fused-ring (bicyclic) bond motifs is 2. The lowest BCUT2D eigenvalue weighted by Crippen LogP contribution is -2.31. The molecule has 0 spiro atoms. The third kappa shape index (κ3) is 2.54. The fourth-order valence-corrected chi connectivity index (χ4v) is 3.28. The Labute approximate surface area is 134 Å². The van der Waals surface area contributed by atoms with Crippen LogP contribution in [0.15, 0.2) is 24.4 Å². The number of benzene rings is 1. The zero-order valence-electron chi connectivity index (χ0n) is 13.0. The Morgan fingerprint density at radius 2 is 2.13 bits per heavy atom. The minimum Gasteiger partial charge on any atom is -0.486 e. The SMILES string of the molecule is Cn1ncc2c1CCC[C@@H]2NC(=O)c1ccc2c(c1)OCCO2. The monoisotopic (exact) mass is 313 g/mol. The number of nitrogens with zero attached hydrogens (tertiary/aromatic N) is 2. The van der Waals surface area contributed by atoms with Gasteiger partial charge in [-0.15, -0.1) is 0 Å². The summed E-state index contributed by atoms with van der Waals surface area (Å²) in [4.78, 5) is 12.6. The first-order valence-corrected chi connectivity index (χ1v) is 7.93. The second-order valence-corrected chi connectivity index (χ2v) is 5.95. The molecule has 0 fully saturated rings. The van der Waals surface area contributed by atoms with Crippen molar-refractivity contribution in [2.45, 2.75) is 25.3 Å². The van der Waals surface area contributed by atoms with Crippen LogP contribution in [0.4, 0.5) is 0 Å². The van der Waals surface area contributed by atoms with Gasteiger partial charge in [-0.3, -0.25) is 9.48 Å². The Morgan fingerprint density at radius 3 is 3.00 bits per heavy atom. The molecule has 23 heavy (non-hydrogen) atoms. The number of hydrogen-bond donors (Lipinski definition) is 1. The van der Waals surface area contributed by atoms with E-state index in [0.717, 1.165) is 24.8 Å². The van der Waals surface area contributed by atoms with E-state index < -0.39 is 0 Å². The molecular weight excluding hydrogens is 294 g/mol. The number of amides is 1. The standard InChI is InChI=1S/C17H19N3O3/c1-20-14-4-2-3-13(12(14)10-18-20)19-17(21)11-5-6-15-16(9-11)23-8-7-22-15/h5-6,9-10,13H,2-4,7-8H2,1H3,(H,19,21)/t13-/m0/s1. The molecule has 1 atom stereocenters. The van der Waals surface area contributed by atoms with Crippen LogP contribution < -0.4 is 14.8 Å². The summed E-state index contributed by atoms with van der Waals surface area (Å²) in [6.07, 6.45) is 4.87. The Morgan fingerprint density at radius 1 is 1.30 bits per heavy atom. The smallest absolute Gasteiger partial charge is 0.251 e. The number of hydrogen-bond acceptors (Lipinski definition) is 4. The van der Waals surface area contributed by atoms with Gasteiger partial charge in [0.1, 0.15) is 13.2 Å². The van der Waals surface area contributed by atoms with E-state index in [9.17, 15) is 4.79 Å². The maximum atomic E-state index is 12.6. The molecule has 0 radical (unpaired) electrons. The van der Waals surface area contributed by atoms with Crippen LogP contribution in [0.1, 0.15) is 40.5 Å². The number of rotatable bonds is 2. The Kier molecular flexibility index (Phi) is 3.44. The third-order valence-corrected chi connectivity index (χ3v) is 4.49. The number of nitrogens with one attached hydrogen (secondary N) is 1. The molecule has 1 aliphatic carbocycles. The highest BCUT2D eigenvalue weighted by molar-refractivity contribution is 5.95. The van der Waals surface area contributed by atoms with Gasteiger partial charge < -0.3 is 14.8 Å². The summed E-state index contributed by atoms with van der Waals surface area (Å²) in [6.45, 7) is 1.06. The van der Waals surface area contributed by atoms with Gasteiger partial charge in [0.15, 0.2) is 11.5 Å². The lowest BCUT2D eigenvalue weighted by Gasteiger charge is -2.24. The van der Waals surface area contributed by atoms with E-state index in [-0.39, 0.29) is 11.9 Å². The minimum absolute atomic E-state index is 0.0214. The van der Waals surface area contributed by atoms with Crippen molar-refractivity contribution >= 4 is 5.91 Å². The van der Waals surface area contributed by atoms with E-state index in [1.807, 2.05) is 17.9 Å². The molecule has 0 unspecified atom stereocenters. The van der Waals surface area contributed by atoms with Crippen LogP contribution in [-0.4, -0.2) is 28.9 Å². The number of carbonyl (C=O) groups excluding carboxylic acids is 1. The van der Waals surface area contributed by atoms with Crippen LogP contribution in [0.2, 0.25) is 0 Å². The van der Waals surface area contributed by atoms with Crippen molar-refractivity contribution in [3.8, 4) is 11.5 Å². The zero-order chi connectivity index (χ0) is 15.8. The van der Waals surface area contributed by atoms with E-state index in [1.165, 1.54) is 5.69 Å². The summed E-state index contributed by atoms with van der Waals surface area (Å²) >= 11 is 0. The Bertz CT molecular complexity index is 754. The molecule has 1 aromatic heterocycles. The quantitative estimate of drug-likeness (QED) is 0.921. The zero-order valence-corrected chi connectivity index (χ0v) is 13.0. The van der Waals surface area contributed by atoms with Crippen molar-refractivity contribution in [1.82, 2.24) is 15.1 Å². The maximum Gasteiger partial charge on any atom is 0.251 e. The summed E-state index contributed by atoms with van der Waals surface area (Å²) in [5.74, 6) is 1.23. The molecule has 1 amide bonds. The molecule has 0 saturated heterocycles. The maximum absolute atomic E-state index is 12.6. The second-order valence-electron chi connectivity index (χ2n) is 5.95. The van der Waals surface area contributed by atoms with E-state index >= 15 is 0 Å². The Hall–Kier alpha value is -2.50. The molecule has 2 aliphatic rings. The average Bonchev–Trinajstić information content (AvgIpc) is 2.97. The van der Waals surface area contributed by atoms with Crippen LogP contribution in [-0.2, 0) is 13.5 Å². The average molecular weight is 313 g/mol. The van der Waals surface area contributed by atoms with Crippen molar-refractivity contribution in [2.75, 3.05) is 13.2 Å². The van der Waals surface area contributed by atoms with Crippen LogP contribution in [0, 0.1) is 0 Å². The largest absolute Gasteiger partial charge is 0.486 e. The fraction of sp³-hybridized carbons (Fsp3) is 0.412. The van der Waals surface area contributed by atoms with Crippen LogP contribution in [0.25, 0.3) is 0 Å². The molecule has 6 heteroatoms. The van der Waals surface area contributed by atoms with Crippen molar-refractivity contribution in [3.05, 3.63) is 41.2 Å². The molecule has 120 valence electrons. The molecule has 1 N–H and O–H groups in total. The predicted molar refractivity (Wildman–Crippen MR) is 83.8 cm³/mol. The first kappa shape index (κ1) is 14.1.